The third-order valence-corrected chi connectivity index (χ3v) is 3.86. The molecule has 1 N–H and O–H groups in total. The topological polar surface area (TPSA) is 47.6 Å². The molecule has 2 aromatic rings. The second-order valence-electron chi connectivity index (χ2n) is 4.83. The molecule has 0 saturated carbocycles. The van der Waals surface area contributed by atoms with E-state index in [1.165, 1.54) is 0 Å². The van der Waals surface area contributed by atoms with Gasteiger partial charge in [0.1, 0.15) is 5.75 Å². The molecule has 1 amide bonds. The highest BCUT2D eigenvalue weighted by molar-refractivity contribution is 6.33. The predicted molar refractivity (Wildman–Crippen MR) is 84.4 cm³/mol. The van der Waals surface area contributed by atoms with Crippen molar-refractivity contribution in [1.29, 1.82) is 0 Å². The van der Waals surface area contributed by atoms with Crippen LogP contribution < -0.4 is 10.1 Å². The van der Waals surface area contributed by atoms with Gasteiger partial charge in [0.25, 0.3) is 5.91 Å². The Morgan fingerprint density at radius 3 is 2.86 bits per heavy atom. The summed E-state index contributed by atoms with van der Waals surface area (Å²) < 4.78 is 10.7. The highest BCUT2D eigenvalue weighted by Crippen LogP contribution is 2.31. The maximum absolute atomic E-state index is 12.2. The van der Waals surface area contributed by atoms with Crippen LogP contribution in [0.4, 0.5) is 0 Å². The minimum atomic E-state index is -0.244. The minimum Gasteiger partial charge on any atom is -0.467 e. The van der Waals surface area contributed by atoms with Crippen LogP contribution in [-0.2, 0) is 17.9 Å². The van der Waals surface area contributed by atoms with Crippen molar-refractivity contribution >= 4 is 29.1 Å². The molecule has 0 radical (unpaired) electrons. The number of hydrogen-bond acceptors (Lipinski definition) is 3. The maximum atomic E-state index is 12.2. The van der Waals surface area contributed by atoms with Gasteiger partial charge in [-0.2, -0.15) is 0 Å². The molecule has 4 nitrogen and oxygen atoms in total. The van der Waals surface area contributed by atoms with Crippen molar-refractivity contribution in [2.75, 3.05) is 6.79 Å². The number of carbonyl (C=O) groups excluding carboxylic acids is 1. The van der Waals surface area contributed by atoms with E-state index in [0.717, 1.165) is 16.9 Å². The van der Waals surface area contributed by atoms with Crippen molar-refractivity contribution in [2.45, 2.75) is 13.2 Å². The molecule has 114 valence electrons. The van der Waals surface area contributed by atoms with Gasteiger partial charge >= 0.3 is 0 Å². The molecule has 0 bridgehead atoms. The van der Waals surface area contributed by atoms with E-state index in [2.05, 4.69) is 5.32 Å². The summed E-state index contributed by atoms with van der Waals surface area (Å²) in [6.07, 6.45) is 0. The van der Waals surface area contributed by atoms with Gasteiger partial charge in [0.05, 0.1) is 17.2 Å². The lowest BCUT2D eigenvalue weighted by Crippen LogP contribution is -2.24. The summed E-state index contributed by atoms with van der Waals surface area (Å²) in [5.74, 6) is 0.474. The monoisotopic (exact) mass is 337 g/mol. The van der Waals surface area contributed by atoms with E-state index in [9.17, 15) is 4.79 Å². The molecular formula is C16H13Cl2NO3. The second-order valence-corrected chi connectivity index (χ2v) is 5.67. The SMILES string of the molecule is O=C(NCc1cc(Cl)cc2c1OCOC2)c1ccccc1Cl. The summed E-state index contributed by atoms with van der Waals surface area (Å²) in [5, 5.41) is 3.82. The number of nitrogens with one attached hydrogen (secondary N) is 1. The van der Waals surface area contributed by atoms with Crippen molar-refractivity contribution in [3.8, 4) is 5.75 Å². The van der Waals surface area contributed by atoms with E-state index < -0.39 is 0 Å². The first kappa shape index (κ1) is 15.2. The van der Waals surface area contributed by atoms with E-state index >= 15 is 0 Å². The van der Waals surface area contributed by atoms with Crippen LogP contribution >= 0.6 is 23.2 Å². The number of rotatable bonds is 3. The van der Waals surface area contributed by atoms with E-state index in [1.54, 1.807) is 36.4 Å². The van der Waals surface area contributed by atoms with Crippen molar-refractivity contribution in [1.82, 2.24) is 5.32 Å². The van der Waals surface area contributed by atoms with Crippen molar-refractivity contribution in [3.63, 3.8) is 0 Å². The minimum absolute atomic E-state index is 0.195. The van der Waals surface area contributed by atoms with Crippen LogP contribution in [0, 0.1) is 0 Å². The lowest BCUT2D eigenvalue weighted by Gasteiger charge is -2.21. The van der Waals surface area contributed by atoms with Crippen LogP contribution in [0.5, 0.6) is 5.75 Å². The first-order chi connectivity index (χ1) is 10.6. The number of fused-ring (bicyclic) bond motifs is 1. The maximum Gasteiger partial charge on any atom is 0.253 e. The third-order valence-electron chi connectivity index (χ3n) is 3.31. The van der Waals surface area contributed by atoms with Crippen LogP contribution in [0.15, 0.2) is 36.4 Å². The molecule has 0 unspecified atom stereocenters. The van der Waals surface area contributed by atoms with Gasteiger partial charge in [0.2, 0.25) is 0 Å². The Morgan fingerprint density at radius 1 is 1.23 bits per heavy atom. The van der Waals surface area contributed by atoms with E-state index in [4.69, 9.17) is 32.7 Å². The average molecular weight is 338 g/mol. The number of hydrogen-bond donors (Lipinski definition) is 1. The van der Waals surface area contributed by atoms with Gasteiger partial charge < -0.3 is 14.8 Å². The van der Waals surface area contributed by atoms with Crippen LogP contribution in [0.25, 0.3) is 0 Å². The second kappa shape index (κ2) is 6.57. The summed E-state index contributed by atoms with van der Waals surface area (Å²) in [6.45, 7) is 0.939. The zero-order valence-electron chi connectivity index (χ0n) is 11.6. The van der Waals surface area contributed by atoms with Gasteiger partial charge in [-0.15, -0.1) is 0 Å². The predicted octanol–water partition coefficient (Wildman–Crippen LogP) is 3.79. The molecule has 22 heavy (non-hydrogen) atoms. The zero-order valence-corrected chi connectivity index (χ0v) is 13.1. The summed E-state index contributed by atoms with van der Waals surface area (Å²) >= 11 is 12.1. The fourth-order valence-electron chi connectivity index (χ4n) is 2.30. The highest BCUT2D eigenvalue weighted by atomic mass is 35.5. The zero-order chi connectivity index (χ0) is 15.5. The highest BCUT2D eigenvalue weighted by Gasteiger charge is 2.17. The largest absolute Gasteiger partial charge is 0.467 e. The van der Waals surface area contributed by atoms with E-state index in [-0.39, 0.29) is 12.7 Å². The molecule has 2 aromatic carbocycles. The van der Waals surface area contributed by atoms with Crippen molar-refractivity contribution < 1.29 is 14.3 Å². The Labute approximate surface area is 137 Å². The van der Waals surface area contributed by atoms with Crippen LogP contribution in [-0.4, -0.2) is 12.7 Å². The lowest BCUT2D eigenvalue weighted by atomic mass is 10.1. The fraction of sp³-hybridized carbons (Fsp3) is 0.188. The van der Waals surface area contributed by atoms with Gasteiger partial charge in [-0.25, -0.2) is 0 Å². The fourth-order valence-corrected chi connectivity index (χ4v) is 2.79. The van der Waals surface area contributed by atoms with E-state index in [0.29, 0.717) is 28.8 Å². The van der Waals surface area contributed by atoms with Gasteiger partial charge in [-0.3, -0.25) is 4.79 Å². The summed E-state index contributed by atoms with van der Waals surface area (Å²) in [4.78, 5) is 12.2. The lowest BCUT2D eigenvalue weighted by molar-refractivity contribution is -0.0170. The summed E-state index contributed by atoms with van der Waals surface area (Å²) in [5.41, 5.74) is 2.12. The molecule has 1 aliphatic rings. The number of amides is 1. The molecule has 0 atom stereocenters. The Kier molecular flexibility index (Phi) is 4.52. The molecular weight excluding hydrogens is 325 g/mol. The Balaban J connectivity index is 1.78. The van der Waals surface area contributed by atoms with Crippen LogP contribution in [0.1, 0.15) is 21.5 Å². The molecule has 1 aliphatic heterocycles. The molecule has 0 fully saturated rings. The van der Waals surface area contributed by atoms with E-state index in [1.807, 2.05) is 0 Å². The molecule has 1 heterocycles. The quantitative estimate of drug-likeness (QED) is 0.926. The van der Waals surface area contributed by atoms with Crippen molar-refractivity contribution in [3.05, 3.63) is 63.1 Å². The number of halogens is 2. The number of ether oxygens (including phenoxy) is 2. The smallest absolute Gasteiger partial charge is 0.253 e. The molecule has 0 saturated heterocycles. The Bertz CT molecular complexity index is 719. The average Bonchev–Trinajstić information content (AvgIpc) is 2.52. The van der Waals surface area contributed by atoms with Gasteiger partial charge in [0, 0.05) is 22.7 Å². The van der Waals surface area contributed by atoms with Crippen molar-refractivity contribution in [2.24, 2.45) is 0 Å². The van der Waals surface area contributed by atoms with Gasteiger partial charge in [-0.05, 0) is 24.3 Å². The first-order valence-electron chi connectivity index (χ1n) is 6.69. The molecule has 0 spiro atoms. The summed E-state index contributed by atoms with van der Waals surface area (Å²) in [6, 6.07) is 10.5. The molecule has 6 heteroatoms. The number of carbonyl (C=O) groups is 1. The number of benzene rings is 2. The molecule has 0 aliphatic carbocycles. The standard InChI is InChI=1S/C16H13Cl2NO3/c17-12-5-10(15-11(6-12)8-21-9-22-15)7-19-16(20)13-3-1-2-4-14(13)18/h1-6H,7-9H2,(H,19,20). The third kappa shape index (κ3) is 3.19. The normalized spacial score (nSPS) is 13.2. The molecule has 0 aromatic heterocycles. The van der Waals surface area contributed by atoms with Crippen LogP contribution in [0.2, 0.25) is 10.0 Å². The van der Waals surface area contributed by atoms with Gasteiger partial charge in [0.15, 0.2) is 6.79 Å². The Hall–Kier alpha value is -1.75. The Morgan fingerprint density at radius 2 is 2.05 bits per heavy atom. The van der Waals surface area contributed by atoms with Crippen LogP contribution in [0.3, 0.4) is 0 Å². The molecule has 3 rings (SSSR count). The van der Waals surface area contributed by atoms with Gasteiger partial charge in [-0.1, -0.05) is 35.3 Å². The first-order valence-corrected chi connectivity index (χ1v) is 7.45. The summed E-state index contributed by atoms with van der Waals surface area (Å²) in [7, 11) is 0.